The molecule has 1 aliphatic rings. The maximum Gasteiger partial charge on any atom is 0.361 e. The number of nitrogens with zero attached hydrogens (tertiary/aromatic N) is 3. The Kier molecular flexibility index (Phi) is 27.5. The van der Waals surface area contributed by atoms with Crippen molar-refractivity contribution in [1.82, 2.24) is 4.90 Å². The Morgan fingerprint density at radius 2 is 0.812 bits per heavy atom. The van der Waals surface area contributed by atoms with Crippen LogP contribution in [-0.4, -0.2) is 73.3 Å². The van der Waals surface area contributed by atoms with Crippen LogP contribution in [0.3, 0.4) is 0 Å². The van der Waals surface area contributed by atoms with Crippen LogP contribution >= 0.6 is 11.3 Å². The van der Waals surface area contributed by atoms with Crippen molar-refractivity contribution in [3.8, 4) is 65.8 Å². The zero-order valence-electron chi connectivity index (χ0n) is 61.7. The van der Waals surface area contributed by atoms with E-state index in [0.29, 0.717) is 50.2 Å². The first-order chi connectivity index (χ1) is 54.5. The number of hydrogen-bond donors (Lipinski definition) is 0. The minimum atomic E-state index is -4.16. The molecule has 17 heteroatoms. The molecule has 560 valence electrons. The highest BCUT2D eigenvalue weighted by molar-refractivity contribution is 7.85. The molecule has 2 amide bonds. The van der Waals surface area contributed by atoms with Crippen molar-refractivity contribution in [2.24, 2.45) is 0 Å². The van der Waals surface area contributed by atoms with E-state index in [4.69, 9.17) is 9.15 Å². The van der Waals surface area contributed by atoms with Crippen LogP contribution in [-0.2, 0) is 42.9 Å². The Morgan fingerprint density at radius 1 is 0.411 bits per heavy atom. The van der Waals surface area contributed by atoms with E-state index in [2.05, 4.69) is 181 Å². The summed E-state index contributed by atoms with van der Waals surface area (Å²) in [6.45, 7) is 5.14. The first-order valence-electron chi connectivity index (χ1n) is 37.0. The van der Waals surface area contributed by atoms with Gasteiger partial charge in [0.05, 0.1) is 50.1 Å². The predicted molar refractivity (Wildman–Crippen MR) is 448 cm³/mol. The van der Waals surface area contributed by atoms with Crippen LogP contribution in [0.25, 0.3) is 109 Å². The zero-order chi connectivity index (χ0) is 78.1. The lowest BCUT2D eigenvalue weighted by atomic mass is 9.94. The lowest BCUT2D eigenvalue weighted by Gasteiger charge is -2.27. The number of esters is 1. The van der Waals surface area contributed by atoms with Gasteiger partial charge in [0, 0.05) is 117 Å². The summed E-state index contributed by atoms with van der Waals surface area (Å²) in [7, 11) is -8.26. The van der Waals surface area contributed by atoms with Crippen molar-refractivity contribution >= 4 is 92.7 Å². The van der Waals surface area contributed by atoms with Gasteiger partial charge in [0.15, 0.2) is 18.9 Å². The van der Waals surface area contributed by atoms with Gasteiger partial charge in [-0.15, -0.1) is 0 Å². The molecular weight excluding hydrogens is 1460 g/mol. The Labute approximate surface area is 657 Å². The van der Waals surface area contributed by atoms with Crippen LogP contribution < -0.4 is 9.13 Å². The Hall–Kier alpha value is -12.4. The molecule has 112 heavy (non-hydrogen) atoms. The molecule has 0 saturated heterocycles. The SMILES string of the molecule is C=CC(=O)OCCCCCCN1C(=O)c2cccc3cccc(c23)C1=O.O=S(=O)([O-])CCC[n+]1c2ccccc2cc2ccccc21.O=S(=O)([O-])CCC[n+]1ccc2ccccc2c1.c1ccc(-c2cc(-c3ccccc3)[o+]c(-c3ccccc3)c2)cc1.c1ccc(-c2cc(-c3ccccc3)[s+]c(-c3ccccc3)c2)cc1. The van der Waals surface area contributed by atoms with Crippen molar-refractivity contribution in [3.05, 3.63) is 364 Å². The summed E-state index contributed by atoms with van der Waals surface area (Å²) in [4.78, 5) is 40.3. The minimum Gasteiger partial charge on any atom is -0.748 e. The third-order valence-electron chi connectivity index (χ3n) is 18.7. The second kappa shape index (κ2) is 38.8. The maximum absolute atomic E-state index is 12.7. The number of hydrogen-bond acceptors (Lipinski definition) is 10. The van der Waals surface area contributed by atoms with E-state index in [1.54, 1.807) is 12.1 Å². The third kappa shape index (κ3) is 22.0. The van der Waals surface area contributed by atoms with Crippen LogP contribution in [0.4, 0.5) is 0 Å². The van der Waals surface area contributed by atoms with E-state index in [1.807, 2.05) is 174 Å². The molecule has 15 aromatic rings. The molecule has 0 fully saturated rings. The lowest BCUT2D eigenvalue weighted by molar-refractivity contribution is -0.695. The van der Waals surface area contributed by atoms with Crippen LogP contribution in [0.1, 0.15) is 59.2 Å². The first kappa shape index (κ1) is 79.2. The minimum absolute atomic E-state index is 0.223. The number of imide groups is 1. The molecule has 4 aromatic heterocycles. The van der Waals surface area contributed by atoms with Gasteiger partial charge in [0.25, 0.3) is 11.8 Å². The largest absolute Gasteiger partial charge is 0.748 e. The summed E-state index contributed by atoms with van der Waals surface area (Å²) in [6, 6.07) is 110. The fourth-order valence-electron chi connectivity index (χ4n) is 13.2. The fraction of sp³-hybridized carbons (Fsp3) is 0.126. The molecule has 16 rings (SSSR count). The molecule has 0 saturated carbocycles. The quantitative estimate of drug-likeness (QED) is 0.00914. The number of rotatable bonds is 22. The number of pyridine rings is 2. The molecule has 0 N–H and O–H groups in total. The number of unbranched alkanes of at least 4 members (excludes halogenated alkanes) is 3. The molecule has 11 aromatic carbocycles. The van der Waals surface area contributed by atoms with E-state index >= 15 is 0 Å². The van der Waals surface area contributed by atoms with E-state index < -0.39 is 26.2 Å². The van der Waals surface area contributed by atoms with Gasteiger partial charge in [-0.25, -0.2) is 30.6 Å². The standard InChI is InChI=1S/C23H17O.C23H17S.C21H21NO4.C16H15NO3S.C12H13NO3S/c2*1-4-10-18(11-5-1)21-16-22(19-12-6-2-7-13-19)24-23(17-21)20-14-8-3-9-15-20;1-2-18(23)26-14-6-4-3-5-13-22-20(24)16-11-7-9-15-10-8-12-17(19(15)16)21(22)25;18-21(19,20)11-5-10-17-15-8-3-1-6-13(15)12-14-7-2-4-9-16(14)17;14-17(15,16)9-3-7-13-8-6-11-4-1-2-5-12(11)10-13/h2*1-17H;2,7-12H,1,3-6,13-14H2;1-4,6-9,12H,5,10-11H2;1-2,4-6,8,10H,3,7,9H2/q2*+1;;;. The summed E-state index contributed by atoms with van der Waals surface area (Å²) in [5, 5.41) is 6.10. The molecule has 0 bridgehead atoms. The van der Waals surface area contributed by atoms with Gasteiger partial charge in [-0.2, -0.15) is 4.57 Å². The van der Waals surface area contributed by atoms with E-state index in [-0.39, 0.29) is 23.3 Å². The molecule has 0 radical (unpaired) electrons. The summed E-state index contributed by atoms with van der Waals surface area (Å²) >= 11 is 1.84. The number of ether oxygens (including phenoxy) is 1. The van der Waals surface area contributed by atoms with Gasteiger partial charge >= 0.3 is 17.5 Å². The molecule has 5 heterocycles. The lowest BCUT2D eigenvalue weighted by Crippen LogP contribution is -2.40. The van der Waals surface area contributed by atoms with Crippen LogP contribution in [0.5, 0.6) is 0 Å². The second-order valence-electron chi connectivity index (χ2n) is 26.6. The number of para-hydroxylation sites is 2. The van der Waals surface area contributed by atoms with Gasteiger partial charge in [-0.1, -0.05) is 213 Å². The third-order valence-corrected chi connectivity index (χ3v) is 21.4. The summed E-state index contributed by atoms with van der Waals surface area (Å²) in [5.41, 5.74) is 12.8. The number of benzene rings is 11. The average Bonchev–Trinajstić information content (AvgIpc) is 0.746. The van der Waals surface area contributed by atoms with E-state index in [0.717, 1.165) is 103 Å². The molecule has 14 nitrogen and oxygen atoms in total. The van der Waals surface area contributed by atoms with Crippen LogP contribution in [0.2, 0.25) is 0 Å². The number of aromatic nitrogens is 2. The Bertz CT molecular complexity index is 5420. The topological polar surface area (TPSA) is 197 Å². The van der Waals surface area contributed by atoms with Gasteiger partial charge in [0.1, 0.15) is 6.54 Å². The summed E-state index contributed by atoms with van der Waals surface area (Å²) in [6.07, 6.45) is 8.85. The summed E-state index contributed by atoms with van der Waals surface area (Å²) < 4.78 is 78.9. The normalized spacial score (nSPS) is 11.6. The van der Waals surface area contributed by atoms with E-state index in [1.165, 1.54) is 42.5 Å². The fourth-order valence-corrected chi connectivity index (χ4v) is 15.3. The Morgan fingerprint density at radius 3 is 1.29 bits per heavy atom. The molecule has 1 aliphatic heterocycles. The summed E-state index contributed by atoms with van der Waals surface area (Å²) in [5.74, 6) is 0.233. The van der Waals surface area contributed by atoms with Gasteiger partial charge in [-0.05, 0) is 132 Å². The zero-order valence-corrected chi connectivity index (χ0v) is 64.1. The second-order valence-corrected chi connectivity index (χ2v) is 30.7. The smallest absolute Gasteiger partial charge is 0.361 e. The van der Waals surface area contributed by atoms with E-state index in [9.17, 15) is 40.3 Å². The molecule has 0 atom stereocenters. The van der Waals surface area contributed by atoms with Gasteiger partial charge in [-0.3, -0.25) is 14.5 Å². The first-order valence-corrected chi connectivity index (χ1v) is 41.0. The van der Waals surface area contributed by atoms with Crippen molar-refractivity contribution < 1.29 is 58.6 Å². The number of carbonyl (C=O) groups is 3. The molecule has 0 unspecified atom stereocenters. The van der Waals surface area contributed by atoms with Crippen molar-refractivity contribution in [1.29, 1.82) is 0 Å². The van der Waals surface area contributed by atoms with Gasteiger partial charge in [0.2, 0.25) is 32.1 Å². The number of aryl methyl sites for hydroxylation is 2. The number of carbonyl (C=O) groups excluding carboxylic acids is 3. The molecule has 0 spiro atoms. The molecule has 0 aliphatic carbocycles. The van der Waals surface area contributed by atoms with Gasteiger partial charge < -0.3 is 13.8 Å². The highest BCUT2D eigenvalue weighted by Gasteiger charge is 2.32. The number of fused-ring (bicyclic) bond motifs is 3. The van der Waals surface area contributed by atoms with Crippen LogP contribution in [0.15, 0.2) is 357 Å². The highest BCUT2D eigenvalue weighted by atomic mass is 32.2. The number of amides is 2. The molecular formula is C95H83N3O11S3+2. The average molecular weight is 1540 g/mol. The van der Waals surface area contributed by atoms with Crippen LogP contribution in [0, 0.1) is 0 Å². The van der Waals surface area contributed by atoms with Crippen molar-refractivity contribution in [2.75, 3.05) is 24.7 Å². The maximum atomic E-state index is 12.7. The monoisotopic (exact) mass is 1540 g/mol. The highest BCUT2D eigenvalue weighted by Crippen LogP contribution is 2.38. The predicted octanol–water partition coefficient (Wildman–Crippen LogP) is 20.6. The van der Waals surface area contributed by atoms with Crippen molar-refractivity contribution in [3.63, 3.8) is 0 Å². The van der Waals surface area contributed by atoms with Crippen molar-refractivity contribution in [2.45, 2.75) is 51.6 Å². The Balaban J connectivity index is 0.000000131.